The van der Waals surface area contributed by atoms with E-state index in [0.29, 0.717) is 25.9 Å². The lowest BCUT2D eigenvalue weighted by Crippen LogP contribution is -2.61. The van der Waals surface area contributed by atoms with Crippen LogP contribution in [-0.2, 0) is 28.5 Å². The quantitative estimate of drug-likeness (QED) is 0.0538. The molecule has 1 rings (SSSR count). The van der Waals surface area contributed by atoms with Crippen LogP contribution in [0.4, 0.5) is 14.4 Å². The van der Waals surface area contributed by atoms with Gasteiger partial charge in [0.1, 0.15) is 17.3 Å². The number of rotatable bonds is 17. The molecule has 17 nitrogen and oxygen atoms in total. The normalized spacial score (nSPS) is 18.4. The summed E-state index contributed by atoms with van der Waals surface area (Å²) in [7, 11) is 0. The van der Waals surface area contributed by atoms with E-state index in [2.05, 4.69) is 34.8 Å². The summed E-state index contributed by atoms with van der Waals surface area (Å²) >= 11 is 0. The fourth-order valence-corrected chi connectivity index (χ4v) is 5.08. The molecule has 298 valence electrons. The first-order valence-corrected chi connectivity index (χ1v) is 17.9. The van der Waals surface area contributed by atoms with E-state index < -0.39 is 90.1 Å². The van der Waals surface area contributed by atoms with Crippen molar-refractivity contribution in [2.24, 2.45) is 4.99 Å². The zero-order valence-corrected chi connectivity index (χ0v) is 32.2. The van der Waals surface area contributed by atoms with Gasteiger partial charge in [-0.1, -0.05) is 52.4 Å². The van der Waals surface area contributed by atoms with Gasteiger partial charge in [-0.3, -0.25) is 15.4 Å². The number of ether oxygens (including phenoxy) is 4. The number of alkyl carbamates (subject to hydrolysis) is 2. The van der Waals surface area contributed by atoms with Crippen molar-refractivity contribution in [3.8, 4) is 0 Å². The topological polar surface area (TPSA) is 235 Å². The SMILES string of the molecule is CCCCCCN(CCCCCC)C(=O)O[C@@H]([C@@H]1OC(C(=O)O)=C[C@H](N=C(NC(=O)OC(C)(C)C)NC(=O)OC(C)(C)C)[C@H]1NC(C)=O)[C@H](O)CO. The molecule has 0 aromatic rings. The van der Waals surface area contributed by atoms with Gasteiger partial charge in [-0.2, -0.15) is 0 Å². The molecular weight excluding hydrogens is 682 g/mol. The second-order valence-electron chi connectivity index (χ2n) is 14.6. The van der Waals surface area contributed by atoms with Crippen LogP contribution in [0.1, 0.15) is 114 Å². The number of guanidine groups is 1. The first-order chi connectivity index (χ1) is 24.2. The van der Waals surface area contributed by atoms with E-state index in [-0.39, 0.29) is 0 Å². The highest BCUT2D eigenvalue weighted by molar-refractivity contribution is 6.01. The predicted molar refractivity (Wildman–Crippen MR) is 191 cm³/mol. The summed E-state index contributed by atoms with van der Waals surface area (Å²) in [6.07, 6.45) is -0.0339. The number of carboxylic acid groups (broad SMARTS) is 1. The van der Waals surface area contributed by atoms with Crippen LogP contribution >= 0.6 is 0 Å². The molecule has 0 spiro atoms. The Hall–Kier alpha value is -4.12. The summed E-state index contributed by atoms with van der Waals surface area (Å²) in [6.45, 7) is 14.7. The smallest absolute Gasteiger partial charge is 0.414 e. The fraction of sp³-hybridized carbons (Fsp3) is 0.771. The molecule has 1 aliphatic heterocycles. The summed E-state index contributed by atoms with van der Waals surface area (Å²) in [5, 5.41) is 38.3. The maximum Gasteiger partial charge on any atom is 0.414 e. The van der Waals surface area contributed by atoms with Crippen molar-refractivity contribution in [3.05, 3.63) is 11.8 Å². The first kappa shape index (κ1) is 45.9. The second kappa shape index (κ2) is 22.1. The molecule has 1 heterocycles. The minimum atomic E-state index is -1.80. The van der Waals surface area contributed by atoms with Gasteiger partial charge in [0.15, 0.2) is 12.2 Å². The molecule has 1 aliphatic rings. The molecule has 0 aromatic heterocycles. The summed E-state index contributed by atoms with van der Waals surface area (Å²) in [5.74, 6) is -3.49. The van der Waals surface area contributed by atoms with Crippen molar-refractivity contribution in [2.75, 3.05) is 19.7 Å². The van der Waals surface area contributed by atoms with Gasteiger partial charge < -0.3 is 44.5 Å². The largest absolute Gasteiger partial charge is 0.477 e. The van der Waals surface area contributed by atoms with Gasteiger partial charge in [-0.15, -0.1) is 0 Å². The molecule has 0 saturated carbocycles. The summed E-state index contributed by atoms with van der Waals surface area (Å²) < 4.78 is 22.1. The minimum Gasteiger partial charge on any atom is -0.477 e. The van der Waals surface area contributed by atoms with Gasteiger partial charge in [0, 0.05) is 20.0 Å². The van der Waals surface area contributed by atoms with Gasteiger partial charge in [-0.25, -0.2) is 24.2 Å². The molecule has 5 atom stereocenters. The maximum absolute atomic E-state index is 13.7. The third kappa shape index (κ3) is 17.9. The number of aliphatic carboxylic acids is 1. The molecular formula is C35H61N5O12. The van der Waals surface area contributed by atoms with Crippen molar-refractivity contribution >= 4 is 36.1 Å². The summed E-state index contributed by atoms with van der Waals surface area (Å²) in [4.78, 5) is 70.0. The van der Waals surface area contributed by atoms with Gasteiger partial charge >= 0.3 is 24.2 Å². The highest BCUT2D eigenvalue weighted by Crippen LogP contribution is 2.27. The Bertz CT molecular complexity index is 1200. The van der Waals surface area contributed by atoms with E-state index in [0.717, 1.165) is 51.5 Å². The molecule has 0 saturated heterocycles. The molecule has 0 bridgehead atoms. The van der Waals surface area contributed by atoms with E-state index >= 15 is 0 Å². The number of aliphatic imine (C=N–C) groups is 1. The van der Waals surface area contributed by atoms with Crippen LogP contribution in [0.5, 0.6) is 0 Å². The number of carboxylic acids is 1. The van der Waals surface area contributed by atoms with Crippen LogP contribution in [0.25, 0.3) is 0 Å². The van der Waals surface area contributed by atoms with Crippen LogP contribution < -0.4 is 16.0 Å². The first-order valence-electron chi connectivity index (χ1n) is 17.9. The van der Waals surface area contributed by atoms with Crippen molar-refractivity contribution in [3.63, 3.8) is 0 Å². The van der Waals surface area contributed by atoms with E-state index in [1.165, 1.54) is 4.90 Å². The molecule has 0 aromatic carbocycles. The Morgan fingerprint density at radius 3 is 1.79 bits per heavy atom. The van der Waals surface area contributed by atoms with Crippen molar-refractivity contribution in [1.82, 2.24) is 20.9 Å². The van der Waals surface area contributed by atoms with Crippen LogP contribution in [0.15, 0.2) is 16.8 Å². The van der Waals surface area contributed by atoms with E-state index in [1.54, 1.807) is 41.5 Å². The average Bonchev–Trinajstić information content (AvgIpc) is 3.00. The Morgan fingerprint density at radius 2 is 1.38 bits per heavy atom. The molecule has 17 heteroatoms. The Labute approximate surface area is 306 Å². The van der Waals surface area contributed by atoms with Crippen LogP contribution in [-0.4, -0.2) is 118 Å². The summed E-state index contributed by atoms with van der Waals surface area (Å²) in [5.41, 5.74) is -1.92. The standard InChI is InChI=1S/C35H61N5O12/c1-10-12-14-16-18-40(19-17-15-13-11-2)33(48)50-27(24(43)21-41)28-26(36-22(3)42)23(20-25(49-28)29(44)45)37-30(38-31(46)51-34(4,5)6)39-32(47)52-35(7,8)9/h20,23-24,26-28,41,43H,10-19,21H2,1-9H3,(H,36,42)(H,44,45)(H2,37,38,39,46,47)/t23-,24+,26+,27+,28+/m0/s1. The molecule has 0 radical (unpaired) electrons. The van der Waals surface area contributed by atoms with Gasteiger partial charge in [0.05, 0.1) is 18.7 Å². The van der Waals surface area contributed by atoms with Crippen molar-refractivity contribution in [2.45, 2.75) is 155 Å². The Kier molecular flexibility index (Phi) is 19.5. The van der Waals surface area contributed by atoms with E-state index in [1.807, 2.05) is 0 Å². The highest BCUT2D eigenvalue weighted by atomic mass is 16.6. The fourth-order valence-electron chi connectivity index (χ4n) is 5.08. The number of hydrogen-bond acceptors (Lipinski definition) is 12. The number of aliphatic hydroxyl groups excluding tert-OH is 2. The predicted octanol–water partition coefficient (Wildman–Crippen LogP) is 3.95. The molecule has 0 fully saturated rings. The Balaban J connectivity index is 3.73. The molecule has 4 amide bonds. The lowest BCUT2D eigenvalue weighted by Gasteiger charge is -2.40. The lowest BCUT2D eigenvalue weighted by atomic mass is 9.92. The number of amides is 4. The van der Waals surface area contributed by atoms with E-state index in [9.17, 15) is 39.3 Å². The Morgan fingerprint density at radius 1 is 0.885 bits per heavy atom. The summed E-state index contributed by atoms with van der Waals surface area (Å²) in [6, 6.07) is -2.84. The number of nitrogens with one attached hydrogen (secondary N) is 3. The van der Waals surface area contributed by atoms with Crippen LogP contribution in [0, 0.1) is 0 Å². The number of carbonyl (C=O) groups excluding carboxylic acids is 4. The lowest BCUT2D eigenvalue weighted by molar-refractivity contribution is -0.146. The zero-order chi connectivity index (χ0) is 39.6. The maximum atomic E-state index is 13.7. The average molecular weight is 744 g/mol. The molecule has 52 heavy (non-hydrogen) atoms. The third-order valence-electron chi connectivity index (χ3n) is 7.35. The number of nitrogens with zero attached hydrogens (tertiary/aromatic N) is 2. The molecule has 6 N–H and O–H groups in total. The van der Waals surface area contributed by atoms with Crippen molar-refractivity contribution in [1.29, 1.82) is 0 Å². The zero-order valence-electron chi connectivity index (χ0n) is 32.2. The number of unbranched alkanes of at least 4 members (excludes halogenated alkanes) is 6. The number of carbonyl (C=O) groups is 5. The van der Waals surface area contributed by atoms with Gasteiger partial charge in [0.2, 0.25) is 17.6 Å². The van der Waals surface area contributed by atoms with Crippen molar-refractivity contribution < 1.29 is 58.2 Å². The van der Waals surface area contributed by atoms with Gasteiger partial charge in [-0.05, 0) is 60.5 Å². The number of aliphatic hydroxyl groups is 2. The van der Waals surface area contributed by atoms with Crippen LogP contribution in [0.3, 0.4) is 0 Å². The number of hydrogen-bond donors (Lipinski definition) is 6. The highest BCUT2D eigenvalue weighted by Gasteiger charge is 2.47. The monoisotopic (exact) mass is 743 g/mol. The van der Waals surface area contributed by atoms with E-state index in [4.69, 9.17) is 18.9 Å². The third-order valence-corrected chi connectivity index (χ3v) is 7.35. The minimum absolute atomic E-state index is 0.358. The molecule has 0 aliphatic carbocycles. The van der Waals surface area contributed by atoms with Crippen LogP contribution in [0.2, 0.25) is 0 Å². The van der Waals surface area contributed by atoms with Gasteiger partial charge in [0.25, 0.3) is 0 Å². The second-order valence-corrected chi connectivity index (χ2v) is 14.6. The molecule has 0 unspecified atom stereocenters.